The Morgan fingerprint density at radius 1 is 0.643 bits per heavy atom. The molecule has 0 aromatic carbocycles. The summed E-state index contributed by atoms with van der Waals surface area (Å²) in [6.07, 6.45) is 9.63. The third kappa shape index (κ3) is 23.1. The van der Waals surface area contributed by atoms with Gasteiger partial charge in [0.15, 0.2) is 0 Å². The summed E-state index contributed by atoms with van der Waals surface area (Å²) in [5.74, 6) is -0.525. The molecule has 0 rings (SSSR count). The van der Waals surface area contributed by atoms with Gasteiger partial charge >= 0.3 is 0 Å². The van der Waals surface area contributed by atoms with Gasteiger partial charge in [0.25, 0.3) is 0 Å². The Kier molecular flexibility index (Phi) is 27.3. The second-order valence-corrected chi connectivity index (χ2v) is 10.8. The number of hydrogen-bond acceptors (Lipinski definition) is 12. The average Bonchev–Trinajstić information content (AvgIpc) is 2.97. The van der Waals surface area contributed by atoms with Crippen LogP contribution in [0.1, 0.15) is 90.4 Å². The molecule has 14 nitrogen and oxygen atoms in total. The molecule has 0 saturated heterocycles. The molecule has 250 valence electrons. The molecule has 0 aliphatic carbocycles. The summed E-state index contributed by atoms with van der Waals surface area (Å²) in [7, 11) is 0. The standard InChI is InChI=1S/C28H64N10O4/c1-22(36-20-42-26(14-9-18-32)37-21-41-25(34)13-3-6-16-30)10-4-7-19-35-28(40)24(12-8-17-31)38-27(39)23(33)11-2-5-15-29/h22-26,36-37H,2-21,29-34H2,1H3,(H,35,40)(H,38,39). The van der Waals surface area contributed by atoms with Gasteiger partial charge in [-0.25, -0.2) is 0 Å². The molecule has 5 atom stereocenters. The Bertz CT molecular complexity index is 650. The van der Waals surface area contributed by atoms with Gasteiger partial charge in [0.1, 0.15) is 25.2 Å². The normalized spacial score (nSPS) is 15.1. The third-order valence-corrected chi connectivity index (χ3v) is 6.94. The topological polar surface area (TPSA) is 257 Å². The van der Waals surface area contributed by atoms with E-state index in [-0.39, 0.29) is 30.3 Å². The highest BCUT2D eigenvalue weighted by molar-refractivity contribution is 5.89. The van der Waals surface area contributed by atoms with Crippen LogP contribution >= 0.6 is 0 Å². The predicted molar refractivity (Wildman–Crippen MR) is 169 cm³/mol. The van der Waals surface area contributed by atoms with Crippen molar-refractivity contribution < 1.29 is 19.1 Å². The van der Waals surface area contributed by atoms with E-state index in [2.05, 4.69) is 28.2 Å². The van der Waals surface area contributed by atoms with Gasteiger partial charge in [0.05, 0.1) is 12.8 Å². The first-order chi connectivity index (χ1) is 20.3. The fourth-order valence-electron chi connectivity index (χ4n) is 4.18. The van der Waals surface area contributed by atoms with Crippen molar-refractivity contribution in [2.75, 3.05) is 46.2 Å². The number of unbranched alkanes of at least 4 members (excludes halogenated alkanes) is 3. The van der Waals surface area contributed by atoms with Gasteiger partial charge in [-0.1, -0.05) is 12.8 Å². The van der Waals surface area contributed by atoms with E-state index in [9.17, 15) is 9.59 Å². The van der Waals surface area contributed by atoms with Crippen LogP contribution in [0.2, 0.25) is 0 Å². The van der Waals surface area contributed by atoms with Crippen molar-refractivity contribution in [2.24, 2.45) is 34.4 Å². The summed E-state index contributed by atoms with van der Waals surface area (Å²) in [5.41, 5.74) is 34.3. The quantitative estimate of drug-likeness (QED) is 0.0348. The molecule has 0 bridgehead atoms. The van der Waals surface area contributed by atoms with Crippen LogP contribution in [0.15, 0.2) is 0 Å². The highest BCUT2D eigenvalue weighted by Gasteiger charge is 2.23. The second kappa shape index (κ2) is 28.3. The number of ether oxygens (including phenoxy) is 2. The lowest BCUT2D eigenvalue weighted by Crippen LogP contribution is -2.51. The fourth-order valence-corrected chi connectivity index (χ4v) is 4.18. The minimum absolute atomic E-state index is 0.187. The first-order valence-electron chi connectivity index (χ1n) is 15.9. The number of rotatable bonds is 30. The monoisotopic (exact) mass is 605 g/mol. The zero-order valence-corrected chi connectivity index (χ0v) is 26.1. The van der Waals surface area contributed by atoms with Crippen LogP contribution in [0.4, 0.5) is 0 Å². The van der Waals surface area contributed by atoms with Gasteiger partial charge in [0.2, 0.25) is 11.8 Å². The largest absolute Gasteiger partial charge is 0.354 e. The van der Waals surface area contributed by atoms with Gasteiger partial charge < -0.3 is 54.5 Å². The van der Waals surface area contributed by atoms with Crippen LogP contribution in [0, 0.1) is 0 Å². The number of nitrogens with two attached hydrogens (primary N) is 6. The molecular formula is C28H64N10O4. The Hall–Kier alpha value is -1.46. The molecule has 0 spiro atoms. The van der Waals surface area contributed by atoms with Crippen LogP contribution in [0.25, 0.3) is 0 Å². The molecule has 0 heterocycles. The minimum Gasteiger partial charge on any atom is -0.354 e. The van der Waals surface area contributed by atoms with Crippen molar-refractivity contribution >= 4 is 11.8 Å². The van der Waals surface area contributed by atoms with E-state index in [1.807, 2.05) is 0 Å². The van der Waals surface area contributed by atoms with Gasteiger partial charge in [0, 0.05) is 12.6 Å². The molecule has 0 saturated carbocycles. The fraction of sp³-hybridized carbons (Fsp3) is 0.929. The molecule has 0 fully saturated rings. The average molecular weight is 605 g/mol. The molecule has 14 heteroatoms. The first-order valence-corrected chi connectivity index (χ1v) is 15.9. The van der Waals surface area contributed by atoms with Crippen molar-refractivity contribution in [1.82, 2.24) is 21.3 Å². The van der Waals surface area contributed by atoms with Gasteiger partial charge in [-0.3, -0.25) is 20.2 Å². The summed E-state index contributed by atoms with van der Waals surface area (Å²) < 4.78 is 11.6. The van der Waals surface area contributed by atoms with Crippen LogP contribution in [-0.2, 0) is 19.1 Å². The Labute approximate surface area is 253 Å². The second-order valence-electron chi connectivity index (χ2n) is 10.8. The highest BCUT2D eigenvalue weighted by Crippen LogP contribution is 2.05. The number of hydrogen-bond donors (Lipinski definition) is 10. The first kappa shape index (κ1) is 40.5. The van der Waals surface area contributed by atoms with Crippen molar-refractivity contribution in [3.63, 3.8) is 0 Å². The van der Waals surface area contributed by atoms with E-state index in [1.54, 1.807) is 0 Å². The predicted octanol–water partition coefficient (Wildman–Crippen LogP) is -1.05. The summed E-state index contributed by atoms with van der Waals surface area (Å²) in [5, 5.41) is 12.4. The number of carbonyl (C=O) groups is 2. The Balaban J connectivity index is 4.27. The lowest BCUT2D eigenvalue weighted by atomic mass is 10.1. The van der Waals surface area contributed by atoms with E-state index in [0.717, 1.165) is 64.2 Å². The Morgan fingerprint density at radius 2 is 1.24 bits per heavy atom. The van der Waals surface area contributed by atoms with Crippen LogP contribution in [0.5, 0.6) is 0 Å². The maximum absolute atomic E-state index is 12.7. The van der Waals surface area contributed by atoms with Crippen molar-refractivity contribution in [2.45, 2.75) is 121 Å². The van der Waals surface area contributed by atoms with Crippen molar-refractivity contribution in [1.29, 1.82) is 0 Å². The van der Waals surface area contributed by atoms with Crippen molar-refractivity contribution in [3.05, 3.63) is 0 Å². The van der Waals surface area contributed by atoms with Crippen molar-refractivity contribution in [3.8, 4) is 0 Å². The molecule has 0 aliphatic heterocycles. The summed E-state index contributed by atoms with van der Waals surface area (Å²) in [6, 6.07) is -1.06. The lowest BCUT2D eigenvalue weighted by molar-refractivity contribution is -0.129. The number of carbonyl (C=O) groups excluding carboxylic acids is 2. The SMILES string of the molecule is CC(CCCCNC(=O)C(CCCN)NC(=O)C(N)CCCCN)NCOC(CCCN)NCOC(N)CCCCN. The zero-order chi connectivity index (χ0) is 31.4. The van der Waals surface area contributed by atoms with Gasteiger partial charge in [-0.15, -0.1) is 0 Å². The Morgan fingerprint density at radius 3 is 1.90 bits per heavy atom. The van der Waals surface area contributed by atoms with Gasteiger partial charge in [-0.2, -0.15) is 0 Å². The molecule has 0 aromatic heterocycles. The van der Waals surface area contributed by atoms with Crippen LogP contribution < -0.4 is 55.7 Å². The summed E-state index contributed by atoms with van der Waals surface area (Å²) >= 11 is 0. The number of amides is 2. The van der Waals surface area contributed by atoms with E-state index in [0.29, 0.717) is 65.4 Å². The zero-order valence-electron chi connectivity index (χ0n) is 26.1. The van der Waals surface area contributed by atoms with Crippen LogP contribution in [0.3, 0.4) is 0 Å². The van der Waals surface area contributed by atoms with Crippen LogP contribution in [-0.4, -0.2) is 88.6 Å². The van der Waals surface area contributed by atoms with E-state index in [4.69, 9.17) is 43.9 Å². The third-order valence-electron chi connectivity index (χ3n) is 6.94. The summed E-state index contributed by atoms with van der Waals surface area (Å²) in [6.45, 7) is 5.57. The van der Waals surface area contributed by atoms with Gasteiger partial charge in [-0.05, 0) is 104 Å². The molecule has 0 aromatic rings. The van der Waals surface area contributed by atoms with E-state index < -0.39 is 12.1 Å². The molecule has 16 N–H and O–H groups in total. The molecule has 0 radical (unpaired) electrons. The number of nitrogens with one attached hydrogen (secondary N) is 4. The van der Waals surface area contributed by atoms with E-state index in [1.165, 1.54) is 0 Å². The molecule has 0 aliphatic rings. The maximum atomic E-state index is 12.7. The van der Waals surface area contributed by atoms with E-state index >= 15 is 0 Å². The summed E-state index contributed by atoms with van der Waals surface area (Å²) in [4.78, 5) is 25.2. The lowest BCUT2D eigenvalue weighted by Gasteiger charge is -2.22. The molecule has 5 unspecified atom stereocenters. The smallest absolute Gasteiger partial charge is 0.242 e. The minimum atomic E-state index is -0.655. The molecule has 42 heavy (non-hydrogen) atoms. The molecule has 2 amide bonds. The molecular weight excluding hydrogens is 540 g/mol. The maximum Gasteiger partial charge on any atom is 0.242 e. The highest BCUT2D eigenvalue weighted by atomic mass is 16.5.